The Morgan fingerprint density at radius 2 is 1.33 bits per heavy atom. The first kappa shape index (κ1) is 27.0. The molecule has 0 bridgehead atoms. The Bertz CT molecular complexity index is 559. The van der Waals surface area contributed by atoms with Gasteiger partial charge in [0.15, 0.2) is 0 Å². The summed E-state index contributed by atoms with van der Waals surface area (Å²) in [6, 6.07) is -0.321. The molecule has 1 unspecified atom stereocenters. The van der Waals surface area contributed by atoms with E-state index in [0.29, 0.717) is 5.02 Å². The summed E-state index contributed by atoms with van der Waals surface area (Å²) in [7, 11) is 0. The molecule has 0 aliphatic carbocycles. The lowest BCUT2D eigenvalue weighted by Crippen LogP contribution is -2.32. The summed E-state index contributed by atoms with van der Waals surface area (Å²) in [5.41, 5.74) is 0.835. The highest BCUT2D eigenvalue weighted by Gasteiger charge is 2.17. The van der Waals surface area contributed by atoms with Crippen LogP contribution in [0.5, 0.6) is 0 Å². The molecule has 4 nitrogen and oxygen atoms in total. The van der Waals surface area contributed by atoms with Crippen molar-refractivity contribution in [3.8, 4) is 0 Å². The average Bonchev–Trinajstić information content (AvgIpc) is 3.08. The van der Waals surface area contributed by atoms with Crippen molar-refractivity contribution in [2.24, 2.45) is 0 Å². The van der Waals surface area contributed by atoms with E-state index in [2.05, 4.69) is 17.3 Å². The molecular formula is C25H46ClN3O. The van der Waals surface area contributed by atoms with Crippen molar-refractivity contribution < 1.29 is 4.79 Å². The minimum atomic E-state index is -0.321. The van der Waals surface area contributed by atoms with Crippen LogP contribution in [0.1, 0.15) is 128 Å². The second-order valence-electron chi connectivity index (χ2n) is 8.79. The summed E-state index contributed by atoms with van der Waals surface area (Å²) in [4.78, 5) is 12.3. The Balaban J connectivity index is 1.85. The van der Waals surface area contributed by atoms with Crippen LogP contribution in [0.4, 0.5) is 0 Å². The van der Waals surface area contributed by atoms with Crippen LogP contribution in [-0.4, -0.2) is 22.2 Å². The minimum Gasteiger partial charge on any atom is -0.354 e. The molecule has 0 radical (unpaired) electrons. The van der Waals surface area contributed by atoms with Crippen molar-refractivity contribution in [2.45, 2.75) is 130 Å². The van der Waals surface area contributed by atoms with Gasteiger partial charge in [0.1, 0.15) is 6.04 Å². The summed E-state index contributed by atoms with van der Waals surface area (Å²) >= 11 is 6.02. The number of amides is 1. The number of nitrogens with zero attached hydrogens (tertiary/aromatic N) is 2. The first-order valence-corrected chi connectivity index (χ1v) is 12.9. The first-order valence-electron chi connectivity index (χ1n) is 12.5. The lowest BCUT2D eigenvalue weighted by Gasteiger charge is -2.14. The van der Waals surface area contributed by atoms with Gasteiger partial charge < -0.3 is 5.32 Å². The Labute approximate surface area is 190 Å². The highest BCUT2D eigenvalue weighted by atomic mass is 35.5. The predicted molar refractivity (Wildman–Crippen MR) is 129 cm³/mol. The minimum absolute atomic E-state index is 0.0128. The van der Waals surface area contributed by atoms with E-state index in [1.54, 1.807) is 10.9 Å². The van der Waals surface area contributed by atoms with Gasteiger partial charge in [-0.3, -0.25) is 9.48 Å². The van der Waals surface area contributed by atoms with E-state index in [9.17, 15) is 4.79 Å². The van der Waals surface area contributed by atoms with Crippen LogP contribution in [0.15, 0.2) is 6.20 Å². The van der Waals surface area contributed by atoms with E-state index in [4.69, 9.17) is 11.6 Å². The summed E-state index contributed by atoms with van der Waals surface area (Å²) in [5, 5.41) is 7.82. The van der Waals surface area contributed by atoms with Gasteiger partial charge in [0.2, 0.25) is 5.91 Å². The van der Waals surface area contributed by atoms with Gasteiger partial charge in [0, 0.05) is 6.54 Å². The number of halogens is 1. The Morgan fingerprint density at radius 1 is 0.900 bits per heavy atom. The largest absolute Gasteiger partial charge is 0.354 e. The molecule has 0 aliphatic heterocycles. The van der Waals surface area contributed by atoms with Gasteiger partial charge >= 0.3 is 0 Å². The molecule has 1 heterocycles. The molecule has 1 aromatic heterocycles. The maximum absolute atomic E-state index is 12.3. The number of hydrogen-bond donors (Lipinski definition) is 1. The van der Waals surface area contributed by atoms with Crippen LogP contribution in [0.3, 0.4) is 0 Å². The van der Waals surface area contributed by atoms with E-state index >= 15 is 0 Å². The zero-order valence-electron chi connectivity index (χ0n) is 19.9. The fourth-order valence-electron chi connectivity index (χ4n) is 3.94. The van der Waals surface area contributed by atoms with Gasteiger partial charge in [-0.15, -0.1) is 0 Å². The summed E-state index contributed by atoms with van der Waals surface area (Å²) in [6.45, 7) is 6.77. The second-order valence-corrected chi connectivity index (χ2v) is 9.20. The molecule has 0 aromatic carbocycles. The summed E-state index contributed by atoms with van der Waals surface area (Å²) < 4.78 is 1.69. The van der Waals surface area contributed by atoms with Gasteiger partial charge in [0.05, 0.1) is 16.9 Å². The molecule has 1 amide bonds. The molecule has 30 heavy (non-hydrogen) atoms. The molecule has 0 fully saturated rings. The maximum atomic E-state index is 12.3. The third kappa shape index (κ3) is 12.0. The quantitative estimate of drug-likeness (QED) is 0.223. The lowest BCUT2D eigenvalue weighted by molar-refractivity contribution is -0.124. The van der Waals surface area contributed by atoms with E-state index in [-0.39, 0.29) is 11.9 Å². The molecule has 1 atom stereocenters. The van der Waals surface area contributed by atoms with E-state index in [0.717, 1.165) is 18.7 Å². The van der Waals surface area contributed by atoms with Crippen LogP contribution in [0.2, 0.25) is 5.02 Å². The molecule has 0 saturated carbocycles. The smallest absolute Gasteiger partial charge is 0.244 e. The molecule has 0 spiro atoms. The van der Waals surface area contributed by atoms with Crippen molar-refractivity contribution in [3.63, 3.8) is 0 Å². The van der Waals surface area contributed by atoms with Gasteiger partial charge in [-0.25, -0.2) is 0 Å². The predicted octanol–water partition coefficient (Wildman–Crippen LogP) is 7.78. The van der Waals surface area contributed by atoms with E-state index in [1.807, 2.05) is 13.8 Å². The topological polar surface area (TPSA) is 46.9 Å². The lowest BCUT2D eigenvalue weighted by atomic mass is 10.0. The zero-order valence-corrected chi connectivity index (χ0v) is 20.6. The Morgan fingerprint density at radius 3 is 1.73 bits per heavy atom. The van der Waals surface area contributed by atoms with Gasteiger partial charge in [0.25, 0.3) is 0 Å². The van der Waals surface area contributed by atoms with Crippen molar-refractivity contribution in [1.82, 2.24) is 15.1 Å². The molecule has 0 saturated heterocycles. The molecule has 1 aromatic rings. The molecule has 1 rings (SSSR count). The number of carbonyl (C=O) groups is 1. The highest BCUT2D eigenvalue weighted by molar-refractivity contribution is 6.31. The van der Waals surface area contributed by atoms with Crippen LogP contribution in [-0.2, 0) is 4.79 Å². The second kappa shape index (κ2) is 17.6. The average molecular weight is 440 g/mol. The molecule has 0 aliphatic rings. The first-order chi connectivity index (χ1) is 14.6. The molecule has 1 N–H and O–H groups in total. The van der Waals surface area contributed by atoms with Gasteiger partial charge in [-0.1, -0.05) is 115 Å². The highest BCUT2D eigenvalue weighted by Crippen LogP contribution is 2.18. The van der Waals surface area contributed by atoms with E-state index < -0.39 is 0 Å². The zero-order chi connectivity index (χ0) is 22.0. The summed E-state index contributed by atoms with van der Waals surface area (Å²) in [6.07, 6.45) is 23.4. The van der Waals surface area contributed by atoms with Gasteiger partial charge in [-0.2, -0.15) is 5.10 Å². The number of nitrogens with one attached hydrogen (secondary N) is 1. The third-order valence-corrected chi connectivity index (χ3v) is 6.43. The van der Waals surface area contributed by atoms with E-state index in [1.165, 1.54) is 96.3 Å². The number of hydrogen-bond acceptors (Lipinski definition) is 2. The fraction of sp³-hybridized carbons (Fsp3) is 0.840. The van der Waals surface area contributed by atoms with Crippen LogP contribution in [0.25, 0.3) is 0 Å². The monoisotopic (exact) mass is 439 g/mol. The Hall–Kier alpha value is -1.03. The van der Waals surface area contributed by atoms with Crippen molar-refractivity contribution in [3.05, 3.63) is 16.9 Å². The molecule has 174 valence electrons. The molecule has 5 heteroatoms. The van der Waals surface area contributed by atoms with Crippen molar-refractivity contribution in [1.29, 1.82) is 0 Å². The number of unbranched alkanes of at least 4 members (excludes halogenated alkanes) is 15. The number of rotatable bonds is 19. The van der Waals surface area contributed by atoms with Crippen LogP contribution < -0.4 is 5.32 Å². The number of carbonyl (C=O) groups excluding carboxylic acids is 1. The van der Waals surface area contributed by atoms with Crippen LogP contribution >= 0.6 is 11.6 Å². The summed E-state index contributed by atoms with van der Waals surface area (Å²) in [5.74, 6) is 0.0128. The number of aromatic nitrogens is 2. The Kier molecular flexibility index (Phi) is 15.9. The van der Waals surface area contributed by atoms with Gasteiger partial charge in [-0.05, 0) is 20.3 Å². The maximum Gasteiger partial charge on any atom is 0.244 e. The third-order valence-electron chi connectivity index (χ3n) is 6.06. The standard InChI is InChI=1S/C25H46ClN3O/c1-4-5-6-7-8-9-10-11-12-13-14-15-16-17-18-19-20-27-25(30)23(3)29-22(2)24(26)21-28-29/h21,23H,4-20H2,1-3H3,(H,27,30). The fourth-order valence-corrected chi connectivity index (χ4v) is 4.07. The van der Waals surface area contributed by atoms with Crippen molar-refractivity contribution >= 4 is 17.5 Å². The normalized spacial score (nSPS) is 12.3. The SMILES string of the molecule is CCCCCCCCCCCCCCCCCCNC(=O)C(C)n1ncc(Cl)c1C. The molecular weight excluding hydrogens is 394 g/mol. The van der Waals surface area contributed by atoms with Crippen LogP contribution in [0, 0.1) is 6.92 Å². The van der Waals surface area contributed by atoms with Crippen molar-refractivity contribution in [2.75, 3.05) is 6.54 Å².